The summed E-state index contributed by atoms with van der Waals surface area (Å²) in [6.07, 6.45) is 11.9. The van der Waals surface area contributed by atoms with E-state index in [4.69, 9.17) is 37.9 Å². The molecule has 0 saturated carbocycles. The summed E-state index contributed by atoms with van der Waals surface area (Å²) in [5.41, 5.74) is 20.2. The van der Waals surface area contributed by atoms with Crippen molar-refractivity contribution in [2.45, 2.75) is 158 Å². The summed E-state index contributed by atoms with van der Waals surface area (Å²) in [5.74, 6) is 7.41. The van der Waals surface area contributed by atoms with Crippen molar-refractivity contribution in [3.8, 4) is 57.1 Å². The first kappa shape index (κ1) is 63.2. The molecule has 8 nitrogen and oxygen atoms in total. The lowest BCUT2D eigenvalue weighted by Gasteiger charge is -2.26. The average Bonchev–Trinajstić information content (AvgIpc) is 1.27. The van der Waals surface area contributed by atoms with Crippen LogP contribution in [-0.2, 0) is 51.4 Å². The Hall–Kier alpha value is -7.84. The van der Waals surface area contributed by atoms with Gasteiger partial charge in [0.1, 0.15) is 46.0 Å². The van der Waals surface area contributed by atoms with Crippen LogP contribution in [0.3, 0.4) is 0 Å². The molecule has 0 fully saturated rings. The number of rotatable bonds is 25. The van der Waals surface area contributed by atoms with Crippen molar-refractivity contribution in [3.05, 3.63) is 222 Å². The van der Waals surface area contributed by atoms with E-state index in [0.717, 1.165) is 198 Å². The highest BCUT2D eigenvalue weighted by Crippen LogP contribution is 2.47. The van der Waals surface area contributed by atoms with E-state index in [1.165, 1.54) is 0 Å². The number of para-hydroxylation sites is 6. The third-order valence-corrected chi connectivity index (χ3v) is 16.7. The van der Waals surface area contributed by atoms with Gasteiger partial charge in [-0.05, 0) is 140 Å². The number of ether oxygens (including phenoxy) is 8. The molecule has 8 aromatic carbocycles. The lowest BCUT2D eigenvalue weighted by molar-refractivity contribution is 0.304. The molecule has 462 valence electrons. The molecular weight excluding hydrogens is 1090 g/mol. The summed E-state index contributed by atoms with van der Waals surface area (Å²) < 4.78 is 56.1. The predicted octanol–water partition coefficient (Wildman–Crippen LogP) is 19.0. The van der Waals surface area contributed by atoms with Crippen molar-refractivity contribution < 1.29 is 37.9 Å². The molecule has 0 heterocycles. The standard InChI is InChI=1S/C80H94O8/c1-9-39-81-73-55-23-17-25-59(73)49-61-31-21-33-65(77(61)85-43-13-5)53-71-69(37-35-67(79(71)87-45-15-7)51-63-29-19-27-57(47-55)75(63)83-41-11-3)70-38-36-68-52-64-30-20-28-58(76(64)84-42-12-4)48-56-24-18-26-60(74(56)82-40-10-2)50-62-32-22-34-66(78(62)86-44-14-6)54-72(70)80(68)88-46-16-8/h17-38H,9-16,39-54H2,1-8H3. The molecule has 0 N–H and O–H groups in total. The second-order valence-electron chi connectivity index (χ2n) is 23.8. The molecule has 8 aromatic rings. The fourth-order valence-electron chi connectivity index (χ4n) is 12.7. The normalized spacial score (nSPS) is 12.7. The van der Waals surface area contributed by atoms with Crippen LogP contribution >= 0.6 is 0 Å². The average molecular weight is 1180 g/mol. The van der Waals surface area contributed by atoms with Crippen LogP contribution in [0.5, 0.6) is 46.0 Å². The minimum atomic E-state index is 0.548. The zero-order valence-corrected chi connectivity index (χ0v) is 53.9. The van der Waals surface area contributed by atoms with Crippen LogP contribution in [0, 0.1) is 0 Å². The van der Waals surface area contributed by atoms with Crippen LogP contribution in [0.25, 0.3) is 11.1 Å². The van der Waals surface area contributed by atoms with E-state index in [1.54, 1.807) is 0 Å². The number of hydrogen-bond donors (Lipinski definition) is 0. The van der Waals surface area contributed by atoms with E-state index in [0.29, 0.717) is 104 Å². The van der Waals surface area contributed by atoms with Crippen molar-refractivity contribution in [1.29, 1.82) is 0 Å². The van der Waals surface area contributed by atoms with Gasteiger partial charge in [0.15, 0.2) is 0 Å². The van der Waals surface area contributed by atoms with Gasteiger partial charge in [-0.15, -0.1) is 0 Å². The minimum Gasteiger partial charge on any atom is -0.493 e. The van der Waals surface area contributed by atoms with E-state index in [-0.39, 0.29) is 0 Å². The maximum Gasteiger partial charge on any atom is 0.126 e. The Morgan fingerprint density at radius 1 is 0.193 bits per heavy atom. The van der Waals surface area contributed by atoms with Crippen molar-refractivity contribution >= 4 is 0 Å². The fraction of sp³-hybridized carbons (Fsp3) is 0.400. The van der Waals surface area contributed by atoms with Crippen LogP contribution < -0.4 is 37.9 Å². The van der Waals surface area contributed by atoms with Gasteiger partial charge < -0.3 is 37.9 Å². The predicted molar refractivity (Wildman–Crippen MR) is 359 cm³/mol. The molecule has 0 aliphatic heterocycles. The van der Waals surface area contributed by atoms with Crippen LogP contribution in [0.15, 0.2) is 133 Å². The molecular formula is C80H94O8. The van der Waals surface area contributed by atoms with Gasteiger partial charge in [-0.25, -0.2) is 0 Å². The molecule has 2 aliphatic rings. The molecule has 0 amide bonds. The Morgan fingerprint density at radius 3 is 0.534 bits per heavy atom. The van der Waals surface area contributed by atoms with E-state index in [1.807, 2.05) is 0 Å². The monoisotopic (exact) mass is 1180 g/mol. The zero-order valence-electron chi connectivity index (χ0n) is 53.9. The molecule has 0 atom stereocenters. The lowest BCUT2D eigenvalue weighted by Crippen LogP contribution is -2.12. The van der Waals surface area contributed by atoms with Crippen LogP contribution in [0.4, 0.5) is 0 Å². The zero-order chi connectivity index (χ0) is 61.2. The molecule has 2 aliphatic carbocycles. The van der Waals surface area contributed by atoms with Crippen molar-refractivity contribution in [3.63, 3.8) is 0 Å². The van der Waals surface area contributed by atoms with Gasteiger partial charge in [0.05, 0.1) is 52.9 Å². The molecule has 0 radical (unpaired) electrons. The SMILES string of the molecule is CCCOc1c2cccc1Cc1cccc(c1OCCC)Cc1c(-c3ccc4c(OCCC)c3Cc3cccc(c3OCCC)Cc3cccc(c3OCCC)Cc3cccc(c3OCCC)C4)ccc(c1OCCC)Cc1cccc(c1OCCC)C2. The van der Waals surface area contributed by atoms with Crippen molar-refractivity contribution in [1.82, 2.24) is 0 Å². The molecule has 10 rings (SSSR count). The van der Waals surface area contributed by atoms with Gasteiger partial charge in [-0.3, -0.25) is 0 Å². The fourth-order valence-corrected chi connectivity index (χ4v) is 12.7. The van der Waals surface area contributed by atoms with Crippen LogP contribution in [-0.4, -0.2) is 52.9 Å². The molecule has 0 aromatic heterocycles. The quantitative estimate of drug-likeness (QED) is 0.0560. The summed E-state index contributed by atoms with van der Waals surface area (Å²) in [5, 5.41) is 0. The van der Waals surface area contributed by atoms with E-state index in [2.05, 4.69) is 189 Å². The van der Waals surface area contributed by atoms with Gasteiger partial charge in [-0.1, -0.05) is 189 Å². The summed E-state index contributed by atoms with van der Waals surface area (Å²) in [6, 6.07) is 49.5. The van der Waals surface area contributed by atoms with Crippen LogP contribution in [0.1, 0.15) is 196 Å². The van der Waals surface area contributed by atoms with E-state index in [9.17, 15) is 0 Å². The Kier molecular flexibility index (Phi) is 22.5. The molecule has 0 spiro atoms. The highest BCUT2D eigenvalue weighted by atomic mass is 16.5. The molecule has 88 heavy (non-hydrogen) atoms. The highest BCUT2D eigenvalue weighted by molar-refractivity contribution is 5.79. The molecule has 0 saturated heterocycles. The van der Waals surface area contributed by atoms with Gasteiger partial charge in [0.2, 0.25) is 0 Å². The lowest BCUT2D eigenvalue weighted by atomic mass is 9.84. The number of fused-ring (bicyclic) bond motifs is 16. The summed E-state index contributed by atoms with van der Waals surface area (Å²) in [6.45, 7) is 22.2. The topological polar surface area (TPSA) is 73.8 Å². The number of benzene rings is 8. The maximum absolute atomic E-state index is 7.31. The Balaban J connectivity index is 1.27. The Bertz CT molecular complexity index is 3380. The molecule has 16 bridgehead atoms. The first-order chi connectivity index (χ1) is 43.3. The maximum atomic E-state index is 7.31. The summed E-state index contributed by atoms with van der Waals surface area (Å²) in [7, 11) is 0. The largest absolute Gasteiger partial charge is 0.493 e. The van der Waals surface area contributed by atoms with Crippen molar-refractivity contribution in [2.24, 2.45) is 0 Å². The van der Waals surface area contributed by atoms with E-state index < -0.39 is 0 Å². The van der Waals surface area contributed by atoms with Gasteiger partial charge in [0.25, 0.3) is 0 Å². The van der Waals surface area contributed by atoms with Crippen LogP contribution in [0.2, 0.25) is 0 Å². The summed E-state index contributed by atoms with van der Waals surface area (Å²) in [4.78, 5) is 0. The minimum absolute atomic E-state index is 0.548. The van der Waals surface area contributed by atoms with E-state index >= 15 is 0 Å². The first-order valence-electron chi connectivity index (χ1n) is 33.3. The van der Waals surface area contributed by atoms with Gasteiger partial charge >= 0.3 is 0 Å². The number of hydrogen-bond acceptors (Lipinski definition) is 8. The van der Waals surface area contributed by atoms with Crippen molar-refractivity contribution in [2.75, 3.05) is 52.9 Å². The third kappa shape index (κ3) is 14.7. The van der Waals surface area contributed by atoms with Gasteiger partial charge in [0, 0.05) is 62.5 Å². The highest BCUT2D eigenvalue weighted by Gasteiger charge is 2.29. The molecule has 0 unspecified atom stereocenters. The molecule has 8 heteroatoms. The Labute approximate surface area is 525 Å². The van der Waals surface area contributed by atoms with Gasteiger partial charge in [-0.2, -0.15) is 0 Å². The smallest absolute Gasteiger partial charge is 0.126 e. The first-order valence-corrected chi connectivity index (χ1v) is 33.3. The second-order valence-corrected chi connectivity index (χ2v) is 23.8. The second kappa shape index (κ2) is 31.4. The third-order valence-electron chi connectivity index (χ3n) is 16.7. The summed E-state index contributed by atoms with van der Waals surface area (Å²) >= 11 is 0. The Morgan fingerprint density at radius 2 is 0.352 bits per heavy atom.